The molecule has 0 saturated heterocycles. The van der Waals surface area contributed by atoms with Gasteiger partial charge in [-0.3, -0.25) is 4.72 Å². The molecule has 0 saturated carbocycles. The third-order valence-electron chi connectivity index (χ3n) is 3.63. The summed E-state index contributed by atoms with van der Waals surface area (Å²) in [5.74, 6) is 1.58. The first-order valence-electron chi connectivity index (χ1n) is 7.46. The number of hydrogen-bond donors (Lipinski definition) is 1. The Bertz CT molecular complexity index is 1010. The van der Waals surface area contributed by atoms with Crippen LogP contribution in [-0.2, 0) is 10.0 Å². The minimum absolute atomic E-state index is 0.0296. The topological polar surface area (TPSA) is 94.3 Å². The van der Waals surface area contributed by atoms with Crippen LogP contribution in [0.3, 0.4) is 0 Å². The van der Waals surface area contributed by atoms with Crippen LogP contribution in [-0.4, -0.2) is 25.7 Å². The third kappa shape index (κ3) is 3.63. The van der Waals surface area contributed by atoms with Crippen molar-refractivity contribution in [2.45, 2.75) is 18.7 Å². The van der Waals surface area contributed by atoms with Crippen LogP contribution in [0.15, 0.2) is 51.9 Å². The second-order valence-corrected chi connectivity index (χ2v) is 7.16. The van der Waals surface area contributed by atoms with Crippen LogP contribution in [0.25, 0.3) is 11.3 Å². The van der Waals surface area contributed by atoms with E-state index < -0.39 is 10.0 Å². The van der Waals surface area contributed by atoms with E-state index in [0.29, 0.717) is 11.4 Å². The molecule has 130 valence electrons. The van der Waals surface area contributed by atoms with Crippen molar-refractivity contribution in [3.8, 4) is 17.2 Å². The number of anilines is 1. The van der Waals surface area contributed by atoms with Gasteiger partial charge in [0, 0.05) is 11.6 Å². The molecule has 1 aromatic carbocycles. The van der Waals surface area contributed by atoms with Crippen molar-refractivity contribution in [2.24, 2.45) is 0 Å². The van der Waals surface area contributed by atoms with Crippen LogP contribution in [0.2, 0.25) is 0 Å². The fraction of sp³-hybridized carbons (Fsp3) is 0.176. The normalized spacial score (nSPS) is 11.3. The van der Waals surface area contributed by atoms with Crippen molar-refractivity contribution in [3.63, 3.8) is 0 Å². The van der Waals surface area contributed by atoms with Gasteiger partial charge in [0.1, 0.15) is 16.4 Å². The van der Waals surface area contributed by atoms with E-state index >= 15 is 0 Å². The molecule has 0 aliphatic heterocycles. The molecule has 0 aliphatic rings. The molecule has 0 aliphatic carbocycles. The smallest absolute Gasteiger partial charge is 0.263 e. The summed E-state index contributed by atoms with van der Waals surface area (Å²) in [6.45, 7) is 3.67. The number of nitrogens with one attached hydrogen (secondary N) is 1. The fourth-order valence-corrected chi connectivity index (χ4v) is 3.32. The summed E-state index contributed by atoms with van der Waals surface area (Å²) < 4.78 is 38.3. The number of furan rings is 1. The molecule has 0 bridgehead atoms. The van der Waals surface area contributed by atoms with Gasteiger partial charge in [-0.15, -0.1) is 5.10 Å². The van der Waals surface area contributed by atoms with Gasteiger partial charge in [0.25, 0.3) is 10.0 Å². The average Bonchev–Trinajstić information content (AvgIpc) is 3.03. The standard InChI is InChI=1S/C17H17N3O4S/c1-11-4-6-13(16-7-5-12(2)24-16)8-15(11)20-25(21,22)14-9-17(23-3)19-18-10-14/h4-10,20H,1-3H3. The molecule has 0 spiro atoms. The second kappa shape index (κ2) is 6.56. The molecule has 1 N–H and O–H groups in total. The number of benzene rings is 1. The highest BCUT2D eigenvalue weighted by Crippen LogP contribution is 2.28. The first-order valence-corrected chi connectivity index (χ1v) is 8.94. The predicted octanol–water partition coefficient (Wildman–Crippen LogP) is 3.16. The van der Waals surface area contributed by atoms with Crippen molar-refractivity contribution in [2.75, 3.05) is 11.8 Å². The van der Waals surface area contributed by atoms with Gasteiger partial charge in [-0.2, -0.15) is 5.10 Å². The van der Waals surface area contributed by atoms with E-state index in [4.69, 9.17) is 9.15 Å². The van der Waals surface area contributed by atoms with E-state index in [1.807, 2.05) is 38.1 Å². The Labute approximate surface area is 145 Å². The van der Waals surface area contributed by atoms with Crippen molar-refractivity contribution < 1.29 is 17.6 Å². The zero-order valence-corrected chi connectivity index (χ0v) is 14.8. The van der Waals surface area contributed by atoms with Crippen LogP contribution in [0, 0.1) is 13.8 Å². The van der Waals surface area contributed by atoms with Gasteiger partial charge in [-0.1, -0.05) is 12.1 Å². The van der Waals surface area contributed by atoms with E-state index in [1.54, 1.807) is 6.07 Å². The highest BCUT2D eigenvalue weighted by atomic mass is 32.2. The van der Waals surface area contributed by atoms with Gasteiger partial charge in [-0.25, -0.2) is 8.42 Å². The highest BCUT2D eigenvalue weighted by molar-refractivity contribution is 7.92. The van der Waals surface area contributed by atoms with Gasteiger partial charge in [0.05, 0.1) is 19.0 Å². The van der Waals surface area contributed by atoms with E-state index in [9.17, 15) is 8.42 Å². The molecule has 3 rings (SSSR count). The molecule has 0 radical (unpaired) electrons. The maximum absolute atomic E-state index is 12.6. The molecule has 0 atom stereocenters. The maximum atomic E-state index is 12.6. The quantitative estimate of drug-likeness (QED) is 0.752. The number of rotatable bonds is 5. The highest BCUT2D eigenvalue weighted by Gasteiger charge is 2.18. The summed E-state index contributed by atoms with van der Waals surface area (Å²) in [6, 6.07) is 10.4. The number of aromatic nitrogens is 2. The second-order valence-electron chi connectivity index (χ2n) is 5.48. The average molecular weight is 359 g/mol. The molecule has 0 fully saturated rings. The SMILES string of the molecule is COc1cc(S(=O)(=O)Nc2cc(-c3ccc(C)o3)ccc2C)cnn1. The minimum atomic E-state index is -3.83. The monoisotopic (exact) mass is 359 g/mol. The number of aryl methyl sites for hydroxylation is 2. The Morgan fingerprint density at radius 1 is 1.12 bits per heavy atom. The van der Waals surface area contributed by atoms with Crippen molar-refractivity contribution >= 4 is 15.7 Å². The number of sulfonamides is 1. The molecular weight excluding hydrogens is 342 g/mol. The fourth-order valence-electron chi connectivity index (χ4n) is 2.26. The van der Waals surface area contributed by atoms with Gasteiger partial charge >= 0.3 is 0 Å². The summed E-state index contributed by atoms with van der Waals surface area (Å²) in [7, 11) is -2.43. The van der Waals surface area contributed by atoms with E-state index in [2.05, 4.69) is 14.9 Å². The number of ether oxygens (including phenoxy) is 1. The Morgan fingerprint density at radius 3 is 2.60 bits per heavy atom. The summed E-state index contributed by atoms with van der Waals surface area (Å²) in [5.41, 5.74) is 2.02. The molecule has 3 aromatic rings. The molecule has 8 heteroatoms. The van der Waals surface area contributed by atoms with Crippen molar-refractivity contribution in [1.29, 1.82) is 0 Å². The first-order chi connectivity index (χ1) is 11.9. The zero-order valence-electron chi connectivity index (χ0n) is 14.0. The molecule has 0 unspecified atom stereocenters. The lowest BCUT2D eigenvalue weighted by atomic mass is 10.1. The van der Waals surface area contributed by atoms with Crippen LogP contribution < -0.4 is 9.46 Å². The predicted molar refractivity (Wildman–Crippen MR) is 93.0 cm³/mol. The number of nitrogens with zero attached hydrogens (tertiary/aromatic N) is 2. The van der Waals surface area contributed by atoms with Crippen LogP contribution in [0.5, 0.6) is 5.88 Å². The Balaban J connectivity index is 1.96. The largest absolute Gasteiger partial charge is 0.480 e. The minimum Gasteiger partial charge on any atom is -0.480 e. The summed E-state index contributed by atoms with van der Waals surface area (Å²) in [6.07, 6.45) is 1.17. The molecule has 2 aromatic heterocycles. The summed E-state index contributed by atoms with van der Waals surface area (Å²) in [5, 5.41) is 7.32. The summed E-state index contributed by atoms with van der Waals surface area (Å²) in [4.78, 5) is -0.0296. The molecular formula is C17H17N3O4S. The van der Waals surface area contributed by atoms with E-state index in [1.165, 1.54) is 19.4 Å². The lowest BCUT2D eigenvalue weighted by Crippen LogP contribution is -2.14. The third-order valence-corrected chi connectivity index (χ3v) is 4.97. The van der Waals surface area contributed by atoms with E-state index in [-0.39, 0.29) is 10.8 Å². The van der Waals surface area contributed by atoms with E-state index in [0.717, 1.165) is 16.9 Å². The van der Waals surface area contributed by atoms with Gasteiger partial charge in [0.2, 0.25) is 5.88 Å². The molecule has 2 heterocycles. The molecule has 7 nitrogen and oxygen atoms in total. The van der Waals surface area contributed by atoms with Gasteiger partial charge in [0.15, 0.2) is 0 Å². The van der Waals surface area contributed by atoms with Crippen molar-refractivity contribution in [3.05, 3.63) is 53.9 Å². The Morgan fingerprint density at radius 2 is 1.92 bits per heavy atom. The van der Waals surface area contributed by atoms with Gasteiger partial charge in [-0.05, 0) is 37.6 Å². The molecule has 0 amide bonds. The Kier molecular flexibility index (Phi) is 4.45. The zero-order chi connectivity index (χ0) is 18.0. The molecule has 25 heavy (non-hydrogen) atoms. The van der Waals surface area contributed by atoms with Gasteiger partial charge < -0.3 is 9.15 Å². The lowest BCUT2D eigenvalue weighted by molar-refractivity contribution is 0.390. The maximum Gasteiger partial charge on any atom is 0.263 e. The van der Waals surface area contributed by atoms with Crippen molar-refractivity contribution in [1.82, 2.24) is 10.2 Å². The number of hydrogen-bond acceptors (Lipinski definition) is 6. The Hall–Kier alpha value is -2.87. The number of methoxy groups -OCH3 is 1. The van der Waals surface area contributed by atoms with Crippen LogP contribution >= 0.6 is 0 Å². The van der Waals surface area contributed by atoms with Crippen LogP contribution in [0.1, 0.15) is 11.3 Å². The lowest BCUT2D eigenvalue weighted by Gasteiger charge is -2.12. The summed E-state index contributed by atoms with van der Waals surface area (Å²) >= 11 is 0. The van der Waals surface area contributed by atoms with Crippen LogP contribution in [0.4, 0.5) is 5.69 Å². The first kappa shape index (κ1) is 17.0.